The number of aryl methyl sites for hydroxylation is 2. The van der Waals surface area contributed by atoms with E-state index in [4.69, 9.17) is 4.74 Å². The molecule has 0 radical (unpaired) electrons. The summed E-state index contributed by atoms with van der Waals surface area (Å²) < 4.78 is 5.47. The largest absolute Gasteiger partial charge is 0.483 e. The van der Waals surface area contributed by atoms with E-state index in [1.807, 2.05) is 32.0 Å². The highest BCUT2D eigenvalue weighted by molar-refractivity contribution is 5.85. The van der Waals surface area contributed by atoms with E-state index in [1.54, 1.807) is 0 Å². The summed E-state index contributed by atoms with van der Waals surface area (Å²) in [6, 6.07) is 5.79. The summed E-state index contributed by atoms with van der Waals surface area (Å²) in [6.45, 7) is 3.74. The van der Waals surface area contributed by atoms with Crippen LogP contribution in [0.3, 0.4) is 0 Å². The smallest absolute Gasteiger partial charge is 0.276 e. The lowest BCUT2D eigenvalue weighted by Crippen LogP contribution is -2.44. The molecule has 0 saturated heterocycles. The standard InChI is InChI=1S/C14H18N2O3/c1-9-4-3-5-10(2)13(9)19-8-12(17)15-16-14(18)11-6-7-11/h3-5,11H,6-8H2,1-2H3,(H,15,17)(H,16,18). The number of amides is 2. The number of nitrogens with one attached hydrogen (secondary N) is 2. The SMILES string of the molecule is Cc1cccc(C)c1OCC(=O)NNC(=O)C1CC1. The zero-order valence-corrected chi connectivity index (χ0v) is 11.2. The second kappa shape index (κ2) is 5.73. The lowest BCUT2D eigenvalue weighted by Gasteiger charge is -2.12. The minimum atomic E-state index is -0.364. The van der Waals surface area contributed by atoms with Gasteiger partial charge in [-0.3, -0.25) is 20.4 Å². The maximum absolute atomic E-state index is 11.5. The molecule has 1 fully saturated rings. The van der Waals surface area contributed by atoms with Gasteiger partial charge in [-0.1, -0.05) is 18.2 Å². The van der Waals surface area contributed by atoms with Crippen molar-refractivity contribution in [1.82, 2.24) is 10.9 Å². The second-order valence-electron chi connectivity index (χ2n) is 4.82. The third kappa shape index (κ3) is 3.71. The van der Waals surface area contributed by atoms with Crippen LogP contribution in [0.4, 0.5) is 0 Å². The molecule has 0 unspecified atom stereocenters. The molecule has 1 aliphatic rings. The molecule has 2 N–H and O–H groups in total. The van der Waals surface area contributed by atoms with Crippen LogP contribution in [-0.4, -0.2) is 18.4 Å². The molecule has 0 spiro atoms. The van der Waals surface area contributed by atoms with Gasteiger partial charge in [0.05, 0.1) is 0 Å². The molecule has 0 heterocycles. The summed E-state index contributed by atoms with van der Waals surface area (Å²) in [5.74, 6) is 0.295. The molecular formula is C14H18N2O3. The Hall–Kier alpha value is -2.04. The van der Waals surface area contributed by atoms with Crippen molar-refractivity contribution in [3.05, 3.63) is 29.3 Å². The van der Waals surface area contributed by atoms with Gasteiger partial charge in [-0.15, -0.1) is 0 Å². The van der Waals surface area contributed by atoms with Crippen LogP contribution >= 0.6 is 0 Å². The molecule has 0 bridgehead atoms. The van der Waals surface area contributed by atoms with Crippen LogP contribution in [0.1, 0.15) is 24.0 Å². The van der Waals surface area contributed by atoms with Crippen LogP contribution in [-0.2, 0) is 9.59 Å². The van der Waals surface area contributed by atoms with Gasteiger partial charge in [-0.05, 0) is 37.8 Å². The van der Waals surface area contributed by atoms with E-state index in [9.17, 15) is 9.59 Å². The Labute approximate surface area is 112 Å². The number of hydrogen-bond acceptors (Lipinski definition) is 3. The van der Waals surface area contributed by atoms with E-state index in [1.165, 1.54) is 0 Å². The molecule has 0 atom stereocenters. The Morgan fingerprint density at radius 2 is 1.84 bits per heavy atom. The minimum absolute atomic E-state index is 0.0693. The zero-order valence-electron chi connectivity index (χ0n) is 11.2. The Bertz CT molecular complexity index is 475. The average molecular weight is 262 g/mol. The summed E-state index contributed by atoms with van der Waals surface area (Å²) in [6.07, 6.45) is 1.81. The van der Waals surface area contributed by atoms with Gasteiger partial charge in [0, 0.05) is 5.92 Å². The fraction of sp³-hybridized carbons (Fsp3) is 0.429. The predicted molar refractivity (Wildman–Crippen MR) is 70.4 cm³/mol. The van der Waals surface area contributed by atoms with Crippen LogP contribution < -0.4 is 15.6 Å². The van der Waals surface area contributed by atoms with Gasteiger partial charge >= 0.3 is 0 Å². The van der Waals surface area contributed by atoms with Gasteiger partial charge in [-0.25, -0.2) is 0 Å². The molecule has 19 heavy (non-hydrogen) atoms. The summed E-state index contributed by atoms with van der Waals surface area (Å²) in [4.78, 5) is 22.9. The molecule has 1 aromatic carbocycles. The first-order chi connectivity index (χ1) is 9.08. The summed E-state index contributed by atoms with van der Waals surface area (Å²) >= 11 is 0. The van der Waals surface area contributed by atoms with Gasteiger partial charge in [0.15, 0.2) is 6.61 Å². The van der Waals surface area contributed by atoms with Crippen molar-refractivity contribution in [3.63, 3.8) is 0 Å². The number of hydrogen-bond donors (Lipinski definition) is 2. The minimum Gasteiger partial charge on any atom is -0.483 e. The van der Waals surface area contributed by atoms with Crippen molar-refractivity contribution >= 4 is 11.8 Å². The van der Waals surface area contributed by atoms with Crippen LogP contribution in [0, 0.1) is 19.8 Å². The molecule has 5 heteroatoms. The number of para-hydroxylation sites is 1. The first kappa shape index (κ1) is 13.4. The number of carbonyl (C=O) groups is 2. The van der Waals surface area contributed by atoms with E-state index in [-0.39, 0.29) is 24.3 Å². The summed E-state index contributed by atoms with van der Waals surface area (Å²) in [5, 5.41) is 0. The topological polar surface area (TPSA) is 67.4 Å². The van der Waals surface area contributed by atoms with Crippen molar-refractivity contribution in [2.24, 2.45) is 5.92 Å². The van der Waals surface area contributed by atoms with E-state index in [2.05, 4.69) is 10.9 Å². The number of carbonyl (C=O) groups excluding carboxylic acids is 2. The van der Waals surface area contributed by atoms with Crippen molar-refractivity contribution in [1.29, 1.82) is 0 Å². The lowest BCUT2D eigenvalue weighted by atomic mass is 10.1. The quantitative estimate of drug-likeness (QED) is 0.802. The molecule has 1 saturated carbocycles. The Morgan fingerprint density at radius 1 is 1.21 bits per heavy atom. The molecule has 1 aliphatic carbocycles. The fourth-order valence-electron chi connectivity index (χ4n) is 1.78. The van der Waals surface area contributed by atoms with Gasteiger partial charge in [-0.2, -0.15) is 0 Å². The van der Waals surface area contributed by atoms with Crippen LogP contribution in [0.15, 0.2) is 18.2 Å². The van der Waals surface area contributed by atoms with Crippen LogP contribution in [0.2, 0.25) is 0 Å². The first-order valence-corrected chi connectivity index (χ1v) is 6.35. The van der Waals surface area contributed by atoms with Crippen molar-refractivity contribution in [2.45, 2.75) is 26.7 Å². The third-order valence-corrected chi connectivity index (χ3v) is 3.03. The summed E-state index contributed by atoms with van der Waals surface area (Å²) in [7, 11) is 0. The van der Waals surface area contributed by atoms with E-state index in [0.29, 0.717) is 5.75 Å². The van der Waals surface area contributed by atoms with Crippen LogP contribution in [0.5, 0.6) is 5.75 Å². The van der Waals surface area contributed by atoms with Gasteiger partial charge in [0.25, 0.3) is 5.91 Å². The zero-order chi connectivity index (χ0) is 13.8. The number of hydrazine groups is 1. The molecule has 0 aromatic heterocycles. The predicted octanol–water partition coefficient (Wildman–Crippen LogP) is 1.24. The highest BCUT2D eigenvalue weighted by Crippen LogP contribution is 2.28. The Balaban J connectivity index is 1.78. The van der Waals surface area contributed by atoms with E-state index in [0.717, 1.165) is 24.0 Å². The average Bonchev–Trinajstić information content (AvgIpc) is 3.19. The highest BCUT2D eigenvalue weighted by atomic mass is 16.5. The number of benzene rings is 1. The molecule has 2 rings (SSSR count). The summed E-state index contributed by atoms with van der Waals surface area (Å²) in [5.41, 5.74) is 6.70. The molecule has 2 amide bonds. The molecular weight excluding hydrogens is 244 g/mol. The number of rotatable bonds is 4. The Kier molecular flexibility index (Phi) is 4.04. The number of ether oxygens (including phenoxy) is 1. The lowest BCUT2D eigenvalue weighted by molar-refractivity contribution is -0.130. The fourth-order valence-corrected chi connectivity index (χ4v) is 1.78. The van der Waals surface area contributed by atoms with Gasteiger partial charge in [0.2, 0.25) is 5.91 Å². The third-order valence-electron chi connectivity index (χ3n) is 3.03. The molecule has 5 nitrogen and oxygen atoms in total. The highest BCUT2D eigenvalue weighted by Gasteiger charge is 2.29. The normalized spacial score (nSPS) is 13.8. The van der Waals surface area contributed by atoms with Crippen molar-refractivity contribution < 1.29 is 14.3 Å². The Morgan fingerprint density at radius 3 is 2.42 bits per heavy atom. The maximum atomic E-state index is 11.5. The maximum Gasteiger partial charge on any atom is 0.276 e. The van der Waals surface area contributed by atoms with Crippen molar-refractivity contribution in [2.75, 3.05) is 6.61 Å². The molecule has 0 aliphatic heterocycles. The molecule has 102 valence electrons. The second-order valence-corrected chi connectivity index (χ2v) is 4.82. The van der Waals surface area contributed by atoms with Gasteiger partial charge in [0.1, 0.15) is 5.75 Å². The van der Waals surface area contributed by atoms with E-state index < -0.39 is 0 Å². The molecule has 1 aromatic rings. The first-order valence-electron chi connectivity index (χ1n) is 6.35. The van der Waals surface area contributed by atoms with E-state index >= 15 is 0 Å². The monoisotopic (exact) mass is 262 g/mol. The van der Waals surface area contributed by atoms with Gasteiger partial charge < -0.3 is 4.74 Å². The van der Waals surface area contributed by atoms with Crippen molar-refractivity contribution in [3.8, 4) is 5.75 Å². The van der Waals surface area contributed by atoms with Crippen LogP contribution in [0.25, 0.3) is 0 Å².